The molecule has 2 aliphatic heterocycles. The molecule has 0 aromatic heterocycles. The highest BCUT2D eigenvalue weighted by atomic mass is 16.5. The van der Waals surface area contributed by atoms with E-state index < -0.39 is 0 Å². The zero-order chi connectivity index (χ0) is 20.8. The Morgan fingerprint density at radius 2 is 2.24 bits per heavy atom. The maximum atomic E-state index is 13.0. The summed E-state index contributed by atoms with van der Waals surface area (Å²) in [6, 6.07) is 0. The summed E-state index contributed by atoms with van der Waals surface area (Å²) in [7, 11) is 3.68. The quantitative estimate of drug-likeness (QED) is 0.232. The molecule has 0 bridgehead atoms. The van der Waals surface area contributed by atoms with Gasteiger partial charge in [0.1, 0.15) is 6.61 Å². The van der Waals surface area contributed by atoms with Gasteiger partial charge >= 0.3 is 0 Å². The van der Waals surface area contributed by atoms with Crippen LogP contribution in [0.3, 0.4) is 0 Å². The van der Waals surface area contributed by atoms with Crippen LogP contribution in [0.2, 0.25) is 0 Å². The molecule has 0 N–H and O–H groups in total. The molecule has 1 fully saturated rings. The minimum atomic E-state index is -0.192. The second-order valence-electron chi connectivity index (χ2n) is 7.66. The fraction of sp³-hybridized carbons (Fsp3) is 0.500. The highest BCUT2D eigenvalue weighted by Crippen LogP contribution is 2.29. The van der Waals surface area contributed by atoms with E-state index >= 15 is 0 Å². The average molecular weight is 398 g/mol. The first-order chi connectivity index (χ1) is 14.0. The summed E-state index contributed by atoms with van der Waals surface area (Å²) < 4.78 is 5.96. The Bertz CT molecular complexity index is 789. The number of hydrogen-bond donors (Lipinski definition) is 0. The van der Waals surface area contributed by atoms with Crippen molar-refractivity contribution in [1.82, 2.24) is 14.7 Å². The predicted molar refractivity (Wildman–Crippen MR) is 117 cm³/mol. The summed E-state index contributed by atoms with van der Waals surface area (Å²) in [6.07, 6.45) is 11.8. The zero-order valence-corrected chi connectivity index (χ0v) is 17.7. The molecule has 0 spiro atoms. The summed E-state index contributed by atoms with van der Waals surface area (Å²) in [4.78, 5) is 27.7. The third kappa shape index (κ3) is 5.59. The molecule has 7 heteroatoms. The van der Waals surface area contributed by atoms with Gasteiger partial charge in [0, 0.05) is 57.6 Å². The third-order valence-electron chi connectivity index (χ3n) is 5.15. The van der Waals surface area contributed by atoms with Crippen LogP contribution >= 0.6 is 0 Å². The van der Waals surface area contributed by atoms with Gasteiger partial charge in [0.25, 0.3) is 0 Å². The smallest absolute Gasteiger partial charge is 0.228 e. The summed E-state index contributed by atoms with van der Waals surface area (Å²) in [5.74, 6) is 1.81. The second-order valence-corrected chi connectivity index (χ2v) is 7.66. The Labute approximate surface area is 173 Å². The van der Waals surface area contributed by atoms with Gasteiger partial charge in [-0.15, -0.1) is 0 Å². The molecule has 0 aromatic carbocycles. The van der Waals surface area contributed by atoms with Gasteiger partial charge in [0.15, 0.2) is 5.76 Å². The van der Waals surface area contributed by atoms with E-state index in [0.717, 1.165) is 37.1 Å². The topological polar surface area (TPSA) is 60.7 Å². The number of Topliss-reactive ketones (excluding diaryl/α,β-unsaturated/α-hetero) is 1. The van der Waals surface area contributed by atoms with Crippen molar-refractivity contribution in [3.05, 3.63) is 48.2 Å². The van der Waals surface area contributed by atoms with Crippen LogP contribution in [0.5, 0.6) is 0 Å². The van der Waals surface area contributed by atoms with Gasteiger partial charge in [0.05, 0.1) is 13.1 Å². The molecule has 0 radical (unpaired) electrons. The molecule has 3 rings (SSSR count). The summed E-state index contributed by atoms with van der Waals surface area (Å²) in [6.45, 7) is 9.52. The van der Waals surface area contributed by atoms with Crippen molar-refractivity contribution >= 4 is 18.0 Å². The number of fused-ring (bicyclic) bond motifs is 1. The normalized spacial score (nSPS) is 19.1. The molecule has 0 aromatic rings. The second kappa shape index (κ2) is 9.58. The number of aliphatic imine (C=N–C) groups is 2. The SMILES string of the molecule is C=C(C(=O)/C(=C\N(C)CC1CC1)OCCN1C=CN2CCN=C21)/C(C)=C/C=N\C. The van der Waals surface area contributed by atoms with E-state index in [4.69, 9.17) is 4.74 Å². The summed E-state index contributed by atoms with van der Waals surface area (Å²) in [5.41, 5.74) is 1.20. The molecule has 1 aliphatic carbocycles. The number of hydrogen-bond acceptors (Lipinski definition) is 7. The molecule has 2 heterocycles. The van der Waals surface area contributed by atoms with Crippen molar-refractivity contribution in [2.24, 2.45) is 15.9 Å². The van der Waals surface area contributed by atoms with Gasteiger partial charge in [-0.05, 0) is 37.3 Å². The van der Waals surface area contributed by atoms with E-state index in [9.17, 15) is 4.79 Å². The van der Waals surface area contributed by atoms with Crippen LogP contribution in [0.25, 0.3) is 0 Å². The Morgan fingerprint density at radius 1 is 1.45 bits per heavy atom. The maximum absolute atomic E-state index is 13.0. The van der Waals surface area contributed by atoms with E-state index in [0.29, 0.717) is 24.5 Å². The van der Waals surface area contributed by atoms with Crippen LogP contribution in [0, 0.1) is 5.92 Å². The first-order valence-electron chi connectivity index (χ1n) is 10.1. The minimum absolute atomic E-state index is 0.192. The molecule has 0 amide bonds. The Morgan fingerprint density at radius 3 is 2.97 bits per heavy atom. The molecule has 7 nitrogen and oxygen atoms in total. The first-order valence-corrected chi connectivity index (χ1v) is 10.1. The van der Waals surface area contributed by atoms with Crippen molar-refractivity contribution in [2.45, 2.75) is 19.8 Å². The molecule has 0 saturated heterocycles. The lowest BCUT2D eigenvalue weighted by molar-refractivity contribution is -0.115. The van der Waals surface area contributed by atoms with E-state index in [1.54, 1.807) is 19.3 Å². The number of ether oxygens (including phenoxy) is 1. The molecule has 0 unspecified atom stereocenters. The highest BCUT2D eigenvalue weighted by molar-refractivity contribution is 6.09. The molecule has 0 atom stereocenters. The van der Waals surface area contributed by atoms with Crippen molar-refractivity contribution in [1.29, 1.82) is 0 Å². The number of nitrogens with zero attached hydrogens (tertiary/aromatic N) is 5. The van der Waals surface area contributed by atoms with Gasteiger partial charge in [-0.1, -0.05) is 6.58 Å². The van der Waals surface area contributed by atoms with Gasteiger partial charge in [0.2, 0.25) is 11.7 Å². The number of carbonyl (C=O) groups is 1. The van der Waals surface area contributed by atoms with E-state index in [1.165, 1.54) is 12.8 Å². The van der Waals surface area contributed by atoms with Crippen LogP contribution in [0.1, 0.15) is 19.8 Å². The molecule has 3 aliphatic rings. The maximum Gasteiger partial charge on any atom is 0.228 e. The fourth-order valence-corrected chi connectivity index (χ4v) is 3.24. The minimum Gasteiger partial charge on any atom is -0.486 e. The molecular weight excluding hydrogens is 366 g/mol. The number of guanidine groups is 1. The highest BCUT2D eigenvalue weighted by Gasteiger charge is 2.26. The van der Waals surface area contributed by atoms with Crippen LogP contribution in [-0.4, -0.2) is 79.5 Å². The molecule has 156 valence electrons. The third-order valence-corrected chi connectivity index (χ3v) is 5.15. The predicted octanol–water partition coefficient (Wildman–Crippen LogP) is 2.42. The van der Waals surface area contributed by atoms with Gasteiger partial charge in [-0.2, -0.15) is 0 Å². The molecule has 1 saturated carbocycles. The standard InChI is InChI=1S/C22H31N5O2/c1-17(7-8-23-3)18(2)21(28)20(16-25(4)15-19-5-6-19)29-14-13-27-12-11-26-10-9-24-22(26)27/h7-8,11-12,16,19H,2,5-6,9-10,13-15H2,1,3-4H3/b17-7+,20-16+,23-8-. The van der Waals surface area contributed by atoms with Crippen LogP contribution in [-0.2, 0) is 9.53 Å². The van der Waals surface area contributed by atoms with Gasteiger partial charge in [-0.25, -0.2) is 0 Å². The Balaban J connectivity index is 1.63. The first kappa shape index (κ1) is 20.9. The van der Waals surface area contributed by atoms with Crippen molar-refractivity contribution in [3.63, 3.8) is 0 Å². The Kier molecular flexibility index (Phi) is 6.90. The zero-order valence-electron chi connectivity index (χ0n) is 17.7. The van der Waals surface area contributed by atoms with Gasteiger partial charge in [-0.3, -0.25) is 14.8 Å². The number of rotatable bonds is 11. The lowest BCUT2D eigenvalue weighted by atomic mass is 10.0. The lowest BCUT2D eigenvalue weighted by Gasteiger charge is -2.20. The molecule has 29 heavy (non-hydrogen) atoms. The number of carbonyl (C=O) groups excluding carboxylic acids is 1. The number of allylic oxidation sites excluding steroid dienone is 3. The van der Waals surface area contributed by atoms with E-state index in [1.807, 2.05) is 37.5 Å². The van der Waals surface area contributed by atoms with Crippen molar-refractivity contribution < 1.29 is 9.53 Å². The van der Waals surface area contributed by atoms with Crippen LogP contribution in [0.15, 0.2) is 58.1 Å². The average Bonchev–Trinajstić information content (AvgIpc) is 3.24. The van der Waals surface area contributed by atoms with Crippen LogP contribution < -0.4 is 0 Å². The number of ketones is 1. The monoisotopic (exact) mass is 397 g/mol. The van der Waals surface area contributed by atoms with E-state index in [-0.39, 0.29) is 5.78 Å². The van der Waals surface area contributed by atoms with E-state index in [2.05, 4.69) is 26.4 Å². The summed E-state index contributed by atoms with van der Waals surface area (Å²) in [5, 5.41) is 0. The largest absolute Gasteiger partial charge is 0.486 e. The molecular formula is C22H31N5O2. The summed E-state index contributed by atoms with van der Waals surface area (Å²) >= 11 is 0. The van der Waals surface area contributed by atoms with Crippen molar-refractivity contribution in [3.8, 4) is 0 Å². The lowest BCUT2D eigenvalue weighted by Crippen LogP contribution is -2.32. The van der Waals surface area contributed by atoms with Crippen LogP contribution in [0.4, 0.5) is 0 Å². The van der Waals surface area contributed by atoms with Gasteiger partial charge < -0.3 is 19.4 Å². The van der Waals surface area contributed by atoms with Crippen molar-refractivity contribution in [2.75, 3.05) is 46.9 Å². The Hall–Kier alpha value is -2.83. The fourth-order valence-electron chi connectivity index (χ4n) is 3.24.